The van der Waals surface area contributed by atoms with Gasteiger partial charge >= 0.3 is 0 Å². The lowest BCUT2D eigenvalue weighted by Crippen LogP contribution is -2.02. The van der Waals surface area contributed by atoms with Gasteiger partial charge < -0.3 is 5.32 Å². The van der Waals surface area contributed by atoms with Gasteiger partial charge in [-0.3, -0.25) is 0 Å². The van der Waals surface area contributed by atoms with Crippen molar-refractivity contribution in [3.63, 3.8) is 0 Å². The Morgan fingerprint density at radius 1 is 1.13 bits per heavy atom. The van der Waals surface area contributed by atoms with Gasteiger partial charge in [-0.15, -0.1) is 0 Å². The molecule has 0 saturated carbocycles. The van der Waals surface area contributed by atoms with Gasteiger partial charge in [0.25, 0.3) is 0 Å². The molecule has 120 valence electrons. The Hall–Kier alpha value is -2.50. The van der Waals surface area contributed by atoms with Gasteiger partial charge in [-0.2, -0.15) is 5.10 Å². The van der Waals surface area contributed by atoms with E-state index in [-0.39, 0.29) is 0 Å². The standard InChI is InChI=1S/C17H22N6/c1-5-7-23-16-15(12(4)22-23)11(3)8-14(21-16)13-9-19-17(18-6-2)20-10-13/h8-10H,5-7H2,1-4H3,(H,18,19,20). The molecular weight excluding hydrogens is 288 g/mol. The number of hydrogen-bond acceptors (Lipinski definition) is 5. The summed E-state index contributed by atoms with van der Waals surface area (Å²) in [5.41, 5.74) is 4.95. The second-order valence-electron chi connectivity index (χ2n) is 5.66. The molecule has 0 aliphatic heterocycles. The SMILES string of the molecule is CCCn1nc(C)c2c(C)cc(-c3cnc(NCC)nc3)nc21. The molecule has 6 heteroatoms. The third-order valence-electron chi connectivity index (χ3n) is 3.79. The highest BCUT2D eigenvalue weighted by Gasteiger charge is 2.13. The summed E-state index contributed by atoms with van der Waals surface area (Å²) in [5, 5.41) is 8.87. The third kappa shape index (κ3) is 2.88. The Labute approximate surface area is 136 Å². The fourth-order valence-electron chi connectivity index (χ4n) is 2.79. The zero-order chi connectivity index (χ0) is 16.4. The zero-order valence-corrected chi connectivity index (χ0v) is 14.1. The van der Waals surface area contributed by atoms with Crippen molar-refractivity contribution in [1.29, 1.82) is 0 Å². The van der Waals surface area contributed by atoms with Crippen molar-refractivity contribution in [2.45, 2.75) is 40.7 Å². The predicted molar refractivity (Wildman–Crippen MR) is 92.5 cm³/mol. The molecule has 0 bridgehead atoms. The quantitative estimate of drug-likeness (QED) is 0.782. The molecule has 0 radical (unpaired) electrons. The minimum absolute atomic E-state index is 0.640. The second-order valence-corrected chi connectivity index (χ2v) is 5.66. The topological polar surface area (TPSA) is 68.5 Å². The summed E-state index contributed by atoms with van der Waals surface area (Å²) in [6, 6.07) is 2.08. The Morgan fingerprint density at radius 3 is 2.52 bits per heavy atom. The van der Waals surface area contributed by atoms with Crippen LogP contribution in [0.15, 0.2) is 18.5 Å². The molecule has 0 amide bonds. The molecule has 0 atom stereocenters. The molecule has 0 saturated heterocycles. The Morgan fingerprint density at radius 2 is 1.87 bits per heavy atom. The highest BCUT2D eigenvalue weighted by Crippen LogP contribution is 2.26. The molecule has 0 fully saturated rings. The summed E-state index contributed by atoms with van der Waals surface area (Å²) in [4.78, 5) is 13.5. The first-order chi connectivity index (χ1) is 11.1. The van der Waals surface area contributed by atoms with E-state index in [1.54, 1.807) is 0 Å². The van der Waals surface area contributed by atoms with Crippen LogP contribution in [0.25, 0.3) is 22.3 Å². The molecule has 3 aromatic rings. The number of hydrogen-bond donors (Lipinski definition) is 1. The van der Waals surface area contributed by atoms with Crippen molar-refractivity contribution in [1.82, 2.24) is 24.7 Å². The molecule has 3 rings (SSSR count). The van der Waals surface area contributed by atoms with Crippen LogP contribution < -0.4 is 5.32 Å². The molecule has 0 aliphatic rings. The number of aryl methyl sites for hydroxylation is 3. The van der Waals surface area contributed by atoms with Crippen LogP contribution in [-0.2, 0) is 6.54 Å². The van der Waals surface area contributed by atoms with Gasteiger partial charge in [0, 0.05) is 36.4 Å². The Balaban J connectivity index is 2.09. The largest absolute Gasteiger partial charge is 0.355 e. The summed E-state index contributed by atoms with van der Waals surface area (Å²) in [6.07, 6.45) is 4.65. The third-order valence-corrected chi connectivity index (χ3v) is 3.79. The van der Waals surface area contributed by atoms with Gasteiger partial charge in [-0.05, 0) is 38.8 Å². The van der Waals surface area contributed by atoms with E-state index < -0.39 is 0 Å². The van der Waals surface area contributed by atoms with E-state index in [0.717, 1.165) is 47.5 Å². The number of nitrogens with zero attached hydrogens (tertiary/aromatic N) is 5. The van der Waals surface area contributed by atoms with Gasteiger partial charge in [0.05, 0.1) is 11.4 Å². The fraction of sp³-hybridized carbons (Fsp3) is 0.412. The minimum atomic E-state index is 0.640. The van der Waals surface area contributed by atoms with Crippen LogP contribution in [0.2, 0.25) is 0 Å². The van der Waals surface area contributed by atoms with Crippen LogP contribution in [0.1, 0.15) is 31.5 Å². The first-order valence-electron chi connectivity index (χ1n) is 8.05. The summed E-state index contributed by atoms with van der Waals surface area (Å²) in [7, 11) is 0. The molecule has 6 nitrogen and oxygen atoms in total. The lowest BCUT2D eigenvalue weighted by atomic mass is 10.1. The maximum Gasteiger partial charge on any atom is 0.222 e. The minimum Gasteiger partial charge on any atom is -0.355 e. The van der Waals surface area contributed by atoms with E-state index in [9.17, 15) is 0 Å². The maximum absolute atomic E-state index is 4.82. The van der Waals surface area contributed by atoms with Gasteiger partial charge in [0.1, 0.15) is 0 Å². The first kappa shape index (κ1) is 15.4. The van der Waals surface area contributed by atoms with Crippen molar-refractivity contribution < 1.29 is 0 Å². The lowest BCUT2D eigenvalue weighted by Gasteiger charge is -2.07. The average Bonchev–Trinajstić information content (AvgIpc) is 2.85. The number of anilines is 1. The molecule has 23 heavy (non-hydrogen) atoms. The van der Waals surface area contributed by atoms with E-state index in [4.69, 9.17) is 4.98 Å². The number of nitrogens with one attached hydrogen (secondary N) is 1. The smallest absolute Gasteiger partial charge is 0.222 e. The average molecular weight is 310 g/mol. The Bertz CT molecular complexity index is 819. The molecule has 3 aromatic heterocycles. The van der Waals surface area contributed by atoms with Crippen molar-refractivity contribution in [3.8, 4) is 11.3 Å². The van der Waals surface area contributed by atoms with Crippen LogP contribution in [0.5, 0.6) is 0 Å². The van der Waals surface area contributed by atoms with Crippen molar-refractivity contribution in [2.24, 2.45) is 0 Å². The van der Waals surface area contributed by atoms with Gasteiger partial charge in [-0.25, -0.2) is 19.6 Å². The second kappa shape index (κ2) is 6.32. The van der Waals surface area contributed by atoms with E-state index in [2.05, 4.69) is 40.3 Å². The Kier molecular flexibility index (Phi) is 4.23. The molecule has 0 aliphatic carbocycles. The number of pyridine rings is 1. The van der Waals surface area contributed by atoms with E-state index in [0.29, 0.717) is 5.95 Å². The molecule has 3 heterocycles. The normalized spacial score (nSPS) is 11.1. The molecule has 0 unspecified atom stereocenters. The van der Waals surface area contributed by atoms with Crippen LogP contribution in [0.4, 0.5) is 5.95 Å². The molecule has 1 N–H and O–H groups in total. The van der Waals surface area contributed by atoms with Gasteiger partial charge in [0.2, 0.25) is 5.95 Å². The number of aromatic nitrogens is 5. The molecule has 0 spiro atoms. The summed E-state index contributed by atoms with van der Waals surface area (Å²) in [5.74, 6) is 0.640. The maximum atomic E-state index is 4.82. The van der Waals surface area contributed by atoms with Crippen LogP contribution in [0.3, 0.4) is 0 Å². The van der Waals surface area contributed by atoms with E-state index >= 15 is 0 Å². The highest BCUT2D eigenvalue weighted by molar-refractivity contribution is 5.84. The lowest BCUT2D eigenvalue weighted by molar-refractivity contribution is 0.612. The fourth-order valence-corrected chi connectivity index (χ4v) is 2.79. The summed E-state index contributed by atoms with van der Waals surface area (Å²) in [6.45, 7) is 9.98. The van der Waals surface area contributed by atoms with Crippen molar-refractivity contribution in [2.75, 3.05) is 11.9 Å². The van der Waals surface area contributed by atoms with Gasteiger partial charge in [-0.1, -0.05) is 6.92 Å². The molecular formula is C17H22N6. The van der Waals surface area contributed by atoms with Crippen LogP contribution in [0, 0.1) is 13.8 Å². The van der Waals surface area contributed by atoms with Crippen LogP contribution in [-0.4, -0.2) is 31.3 Å². The van der Waals surface area contributed by atoms with Gasteiger partial charge in [0.15, 0.2) is 5.65 Å². The highest BCUT2D eigenvalue weighted by atomic mass is 15.3. The van der Waals surface area contributed by atoms with E-state index in [1.165, 1.54) is 5.56 Å². The summed E-state index contributed by atoms with van der Waals surface area (Å²) < 4.78 is 2.00. The number of fused-ring (bicyclic) bond motifs is 1. The monoisotopic (exact) mass is 310 g/mol. The summed E-state index contributed by atoms with van der Waals surface area (Å²) >= 11 is 0. The number of rotatable bonds is 5. The van der Waals surface area contributed by atoms with Crippen molar-refractivity contribution >= 4 is 17.0 Å². The van der Waals surface area contributed by atoms with E-state index in [1.807, 2.05) is 30.9 Å². The zero-order valence-electron chi connectivity index (χ0n) is 14.1. The molecule has 0 aromatic carbocycles. The van der Waals surface area contributed by atoms with Crippen LogP contribution >= 0.6 is 0 Å². The van der Waals surface area contributed by atoms with Crippen molar-refractivity contribution in [3.05, 3.63) is 29.7 Å². The predicted octanol–water partition coefficient (Wildman–Crippen LogP) is 3.35. The first-order valence-corrected chi connectivity index (χ1v) is 8.05.